The molecule has 1 aliphatic rings. The van der Waals surface area contributed by atoms with Crippen molar-refractivity contribution in [2.75, 3.05) is 13.1 Å². The highest BCUT2D eigenvalue weighted by atomic mass is 16.5. The molecule has 0 radical (unpaired) electrons. The molecule has 0 unspecified atom stereocenters. The van der Waals surface area contributed by atoms with E-state index in [1.807, 2.05) is 11.9 Å². The third kappa shape index (κ3) is 3.28. The van der Waals surface area contributed by atoms with Gasteiger partial charge in [0.2, 0.25) is 5.89 Å². The highest BCUT2D eigenvalue weighted by Crippen LogP contribution is 2.28. The third-order valence-electron chi connectivity index (χ3n) is 4.59. The van der Waals surface area contributed by atoms with Gasteiger partial charge in [0.25, 0.3) is 5.91 Å². The Morgan fingerprint density at radius 1 is 1.43 bits per heavy atom. The first-order chi connectivity index (χ1) is 11.1. The number of aromatic nitrogens is 4. The topological polar surface area (TPSA) is 77.0 Å². The monoisotopic (exact) mass is 317 g/mol. The summed E-state index contributed by atoms with van der Waals surface area (Å²) in [6.07, 6.45) is 6.08. The molecule has 0 bridgehead atoms. The van der Waals surface area contributed by atoms with Gasteiger partial charge in [0.05, 0.1) is 11.8 Å². The van der Waals surface area contributed by atoms with Gasteiger partial charge in [-0.05, 0) is 19.3 Å². The molecule has 0 spiro atoms. The molecule has 7 heteroatoms. The predicted molar refractivity (Wildman–Crippen MR) is 84.1 cm³/mol. The van der Waals surface area contributed by atoms with E-state index < -0.39 is 0 Å². The van der Waals surface area contributed by atoms with Crippen molar-refractivity contribution in [2.45, 2.75) is 44.9 Å². The Morgan fingerprint density at radius 2 is 2.17 bits per heavy atom. The van der Waals surface area contributed by atoms with Crippen LogP contribution in [0, 0.1) is 0 Å². The number of piperidine rings is 1. The average molecular weight is 317 g/mol. The van der Waals surface area contributed by atoms with Gasteiger partial charge in [-0.3, -0.25) is 9.48 Å². The van der Waals surface area contributed by atoms with E-state index in [0.29, 0.717) is 30.5 Å². The van der Waals surface area contributed by atoms with Crippen molar-refractivity contribution in [3.8, 4) is 0 Å². The molecule has 1 fully saturated rings. The number of nitrogens with zero attached hydrogens (tertiary/aromatic N) is 5. The summed E-state index contributed by atoms with van der Waals surface area (Å²) in [7, 11) is 1.81. The standard InChI is InChI=1S/C16H23N5O2/c1-4-11(2)14-18-15(23-19-14)12-5-7-21(8-6-12)16(22)13-9-17-20(3)10-13/h9-12H,4-8H2,1-3H3/t11-/m1/s1. The van der Waals surface area contributed by atoms with Crippen molar-refractivity contribution in [1.82, 2.24) is 24.8 Å². The number of carbonyl (C=O) groups excluding carboxylic acids is 1. The first-order valence-corrected chi connectivity index (χ1v) is 8.20. The maximum Gasteiger partial charge on any atom is 0.257 e. The molecular weight excluding hydrogens is 294 g/mol. The fourth-order valence-electron chi connectivity index (χ4n) is 2.84. The van der Waals surface area contributed by atoms with E-state index in [2.05, 4.69) is 29.1 Å². The molecule has 3 heterocycles. The van der Waals surface area contributed by atoms with Crippen molar-refractivity contribution in [3.63, 3.8) is 0 Å². The van der Waals surface area contributed by atoms with Crippen molar-refractivity contribution in [3.05, 3.63) is 29.7 Å². The number of aryl methyl sites for hydroxylation is 1. The summed E-state index contributed by atoms with van der Waals surface area (Å²) in [5.74, 6) is 2.12. The van der Waals surface area contributed by atoms with Crippen LogP contribution in [0.25, 0.3) is 0 Å². The second-order valence-electron chi connectivity index (χ2n) is 6.27. The van der Waals surface area contributed by atoms with E-state index in [-0.39, 0.29) is 11.8 Å². The average Bonchev–Trinajstić information content (AvgIpc) is 3.23. The molecule has 0 aliphatic carbocycles. The van der Waals surface area contributed by atoms with Crippen LogP contribution < -0.4 is 0 Å². The van der Waals surface area contributed by atoms with Gasteiger partial charge in [-0.25, -0.2) is 0 Å². The number of hydrogen-bond acceptors (Lipinski definition) is 5. The lowest BCUT2D eigenvalue weighted by molar-refractivity contribution is 0.0704. The van der Waals surface area contributed by atoms with Crippen LogP contribution in [-0.2, 0) is 7.05 Å². The highest BCUT2D eigenvalue weighted by Gasteiger charge is 2.28. The largest absolute Gasteiger partial charge is 0.339 e. The molecule has 1 aliphatic heterocycles. The highest BCUT2D eigenvalue weighted by molar-refractivity contribution is 5.93. The van der Waals surface area contributed by atoms with Gasteiger partial charge in [-0.1, -0.05) is 19.0 Å². The first-order valence-electron chi connectivity index (χ1n) is 8.20. The van der Waals surface area contributed by atoms with E-state index in [9.17, 15) is 4.79 Å². The fraction of sp³-hybridized carbons (Fsp3) is 0.625. The number of likely N-dealkylation sites (tertiary alicyclic amines) is 1. The predicted octanol–water partition coefficient (Wildman–Crippen LogP) is 2.34. The third-order valence-corrected chi connectivity index (χ3v) is 4.59. The molecule has 7 nitrogen and oxygen atoms in total. The van der Waals surface area contributed by atoms with Gasteiger partial charge < -0.3 is 9.42 Å². The summed E-state index contributed by atoms with van der Waals surface area (Å²) >= 11 is 0. The zero-order chi connectivity index (χ0) is 16.4. The van der Waals surface area contributed by atoms with Crippen molar-refractivity contribution in [1.29, 1.82) is 0 Å². The fourth-order valence-corrected chi connectivity index (χ4v) is 2.84. The number of hydrogen-bond donors (Lipinski definition) is 0. The molecule has 1 amide bonds. The van der Waals surface area contributed by atoms with Crippen LogP contribution in [0.15, 0.2) is 16.9 Å². The summed E-state index contributed by atoms with van der Waals surface area (Å²) in [5, 5.41) is 8.15. The zero-order valence-corrected chi connectivity index (χ0v) is 13.9. The quantitative estimate of drug-likeness (QED) is 0.865. The van der Waals surface area contributed by atoms with Crippen LogP contribution in [0.1, 0.15) is 67.0 Å². The number of carbonyl (C=O) groups is 1. The Kier molecular flexibility index (Phi) is 4.45. The van der Waals surface area contributed by atoms with Crippen LogP contribution in [0.4, 0.5) is 0 Å². The van der Waals surface area contributed by atoms with Crippen LogP contribution in [0.3, 0.4) is 0 Å². The molecule has 1 saturated heterocycles. The van der Waals surface area contributed by atoms with E-state index >= 15 is 0 Å². The molecule has 23 heavy (non-hydrogen) atoms. The summed E-state index contributed by atoms with van der Waals surface area (Å²) in [4.78, 5) is 18.8. The minimum absolute atomic E-state index is 0.0439. The van der Waals surface area contributed by atoms with Gasteiger partial charge in [-0.15, -0.1) is 0 Å². The smallest absolute Gasteiger partial charge is 0.257 e. The summed E-state index contributed by atoms with van der Waals surface area (Å²) in [5.41, 5.74) is 0.641. The van der Waals surface area contributed by atoms with Gasteiger partial charge in [0.1, 0.15) is 0 Å². The molecular formula is C16H23N5O2. The summed E-state index contributed by atoms with van der Waals surface area (Å²) in [6.45, 7) is 5.63. The molecule has 2 aromatic rings. The molecule has 3 rings (SSSR count). The van der Waals surface area contributed by atoms with Crippen LogP contribution in [0.2, 0.25) is 0 Å². The van der Waals surface area contributed by atoms with Crippen LogP contribution >= 0.6 is 0 Å². The van der Waals surface area contributed by atoms with E-state index in [1.165, 1.54) is 0 Å². The van der Waals surface area contributed by atoms with Crippen molar-refractivity contribution < 1.29 is 9.32 Å². The van der Waals surface area contributed by atoms with Gasteiger partial charge in [0.15, 0.2) is 5.82 Å². The number of amides is 1. The first kappa shape index (κ1) is 15.7. The lowest BCUT2D eigenvalue weighted by Gasteiger charge is -2.30. The summed E-state index contributed by atoms with van der Waals surface area (Å²) in [6, 6.07) is 0. The molecule has 0 N–H and O–H groups in total. The molecule has 0 saturated carbocycles. The second kappa shape index (κ2) is 6.52. The second-order valence-corrected chi connectivity index (χ2v) is 6.27. The SMILES string of the molecule is CC[C@@H](C)c1noc(C2CCN(C(=O)c3cnn(C)c3)CC2)n1. The van der Waals surface area contributed by atoms with Gasteiger partial charge >= 0.3 is 0 Å². The van der Waals surface area contributed by atoms with Gasteiger partial charge in [-0.2, -0.15) is 10.1 Å². The number of rotatable bonds is 4. The Balaban J connectivity index is 1.60. The Bertz CT molecular complexity index is 670. The Labute approximate surface area is 135 Å². The minimum Gasteiger partial charge on any atom is -0.339 e. The van der Waals surface area contributed by atoms with E-state index in [1.54, 1.807) is 17.1 Å². The lowest BCUT2D eigenvalue weighted by atomic mass is 9.96. The summed E-state index contributed by atoms with van der Waals surface area (Å²) < 4.78 is 7.08. The molecule has 0 aromatic carbocycles. The lowest BCUT2D eigenvalue weighted by Crippen LogP contribution is -2.37. The normalized spacial score (nSPS) is 17.4. The minimum atomic E-state index is 0.0439. The van der Waals surface area contributed by atoms with E-state index in [4.69, 9.17) is 4.52 Å². The molecule has 124 valence electrons. The van der Waals surface area contributed by atoms with Crippen LogP contribution in [0.5, 0.6) is 0 Å². The van der Waals surface area contributed by atoms with Crippen molar-refractivity contribution in [2.24, 2.45) is 7.05 Å². The van der Waals surface area contributed by atoms with E-state index in [0.717, 1.165) is 25.1 Å². The van der Waals surface area contributed by atoms with Crippen molar-refractivity contribution >= 4 is 5.91 Å². The Hall–Kier alpha value is -2.18. The zero-order valence-electron chi connectivity index (χ0n) is 13.9. The maximum absolute atomic E-state index is 12.4. The maximum atomic E-state index is 12.4. The Morgan fingerprint density at radius 3 is 2.78 bits per heavy atom. The van der Waals surface area contributed by atoms with Gasteiger partial charge in [0, 0.05) is 38.2 Å². The molecule has 2 aromatic heterocycles. The molecule has 1 atom stereocenters. The van der Waals surface area contributed by atoms with Crippen LogP contribution in [-0.4, -0.2) is 43.8 Å².